The van der Waals surface area contributed by atoms with E-state index in [4.69, 9.17) is 0 Å². The van der Waals surface area contributed by atoms with E-state index in [9.17, 15) is 0 Å². The molecule has 0 amide bonds. The van der Waals surface area contributed by atoms with Gasteiger partial charge in [-0.25, -0.2) is 0 Å². The van der Waals surface area contributed by atoms with E-state index in [1.807, 2.05) is 0 Å². The Morgan fingerprint density at radius 3 is 2.44 bits per heavy atom. The molecule has 2 heteroatoms. The molecule has 98 valence electrons. The largest absolute Gasteiger partial charge is 0.312 e. The topological polar surface area (TPSA) is 12.0 Å². The lowest BCUT2D eigenvalue weighted by molar-refractivity contribution is 0.378. The van der Waals surface area contributed by atoms with Crippen molar-refractivity contribution in [1.82, 2.24) is 5.32 Å². The molecule has 2 saturated carbocycles. The summed E-state index contributed by atoms with van der Waals surface area (Å²) < 4.78 is 1.21. The summed E-state index contributed by atoms with van der Waals surface area (Å²) in [6.45, 7) is 4.40. The summed E-state index contributed by atoms with van der Waals surface area (Å²) >= 11 is 3.55. The van der Waals surface area contributed by atoms with E-state index >= 15 is 0 Å². The Bertz CT molecular complexity index is 409. The molecule has 0 aliphatic heterocycles. The Morgan fingerprint density at radius 1 is 1.22 bits per heavy atom. The first kappa shape index (κ1) is 12.7. The van der Waals surface area contributed by atoms with Gasteiger partial charge in [0.1, 0.15) is 0 Å². The van der Waals surface area contributed by atoms with E-state index in [1.54, 1.807) is 0 Å². The van der Waals surface area contributed by atoms with Gasteiger partial charge in [-0.2, -0.15) is 0 Å². The fourth-order valence-corrected chi connectivity index (χ4v) is 3.21. The van der Waals surface area contributed by atoms with E-state index in [0.29, 0.717) is 0 Å². The molecule has 0 bridgehead atoms. The van der Waals surface area contributed by atoms with Crippen molar-refractivity contribution in [3.8, 4) is 0 Å². The van der Waals surface area contributed by atoms with Crippen LogP contribution in [-0.4, -0.2) is 6.54 Å². The van der Waals surface area contributed by atoms with Gasteiger partial charge in [-0.05, 0) is 74.1 Å². The molecular weight excluding hydrogens is 286 g/mol. The molecule has 0 saturated heterocycles. The normalized spacial score (nSPS) is 19.5. The van der Waals surface area contributed by atoms with Crippen LogP contribution < -0.4 is 5.32 Å². The van der Waals surface area contributed by atoms with Crippen molar-refractivity contribution in [1.29, 1.82) is 0 Å². The fraction of sp³-hybridized carbons (Fsp3) is 0.625. The first-order valence-corrected chi connectivity index (χ1v) is 7.99. The van der Waals surface area contributed by atoms with Crippen LogP contribution in [0.4, 0.5) is 0 Å². The molecule has 1 nitrogen and oxygen atoms in total. The van der Waals surface area contributed by atoms with E-state index in [2.05, 4.69) is 46.4 Å². The molecule has 0 spiro atoms. The second-order valence-electron chi connectivity index (χ2n) is 6.05. The fourth-order valence-electron chi connectivity index (χ4n) is 2.97. The van der Waals surface area contributed by atoms with E-state index < -0.39 is 0 Å². The highest BCUT2D eigenvalue weighted by Gasteiger charge is 2.40. The molecule has 2 fully saturated rings. The first-order valence-electron chi connectivity index (χ1n) is 7.20. The van der Waals surface area contributed by atoms with Gasteiger partial charge in [0.05, 0.1) is 0 Å². The Morgan fingerprint density at radius 2 is 1.89 bits per heavy atom. The molecule has 3 rings (SSSR count). The summed E-state index contributed by atoms with van der Waals surface area (Å²) in [6.07, 6.45) is 5.95. The molecule has 0 atom stereocenters. The zero-order chi connectivity index (χ0) is 12.5. The van der Waals surface area contributed by atoms with E-state index in [0.717, 1.165) is 24.3 Å². The predicted molar refractivity (Wildman–Crippen MR) is 79.5 cm³/mol. The summed E-state index contributed by atoms with van der Waals surface area (Å²) in [5.74, 6) is 3.08. The molecule has 0 aromatic heterocycles. The Balaban J connectivity index is 1.49. The van der Waals surface area contributed by atoms with Gasteiger partial charge in [-0.3, -0.25) is 0 Å². The van der Waals surface area contributed by atoms with Crippen LogP contribution in [0.2, 0.25) is 0 Å². The van der Waals surface area contributed by atoms with Crippen molar-refractivity contribution in [3.63, 3.8) is 0 Å². The van der Waals surface area contributed by atoms with Crippen LogP contribution in [0.5, 0.6) is 0 Å². The highest BCUT2D eigenvalue weighted by molar-refractivity contribution is 9.10. The predicted octanol–water partition coefficient (Wildman–Crippen LogP) is 4.28. The van der Waals surface area contributed by atoms with E-state index in [1.165, 1.54) is 47.8 Å². The van der Waals surface area contributed by atoms with Crippen LogP contribution in [0, 0.1) is 24.7 Å². The van der Waals surface area contributed by atoms with Gasteiger partial charge < -0.3 is 5.32 Å². The second-order valence-corrected chi connectivity index (χ2v) is 6.91. The number of benzene rings is 1. The highest BCUT2D eigenvalue weighted by Crippen LogP contribution is 2.48. The lowest BCUT2D eigenvalue weighted by Gasteiger charge is -2.16. The van der Waals surface area contributed by atoms with Crippen LogP contribution in [0.15, 0.2) is 22.7 Å². The van der Waals surface area contributed by atoms with Gasteiger partial charge in [0.15, 0.2) is 0 Å². The summed E-state index contributed by atoms with van der Waals surface area (Å²) in [6, 6.07) is 6.65. The van der Waals surface area contributed by atoms with Gasteiger partial charge in [0.25, 0.3) is 0 Å². The average Bonchev–Trinajstić information content (AvgIpc) is 3.22. The van der Waals surface area contributed by atoms with Crippen molar-refractivity contribution < 1.29 is 0 Å². The monoisotopic (exact) mass is 307 g/mol. The van der Waals surface area contributed by atoms with Gasteiger partial charge in [0.2, 0.25) is 0 Å². The number of rotatable bonds is 6. The summed E-state index contributed by atoms with van der Waals surface area (Å²) in [5, 5.41) is 3.68. The summed E-state index contributed by atoms with van der Waals surface area (Å²) in [7, 11) is 0. The zero-order valence-electron chi connectivity index (χ0n) is 11.1. The number of halogens is 1. The molecule has 0 unspecified atom stereocenters. The lowest BCUT2D eigenvalue weighted by atomic mass is 9.98. The van der Waals surface area contributed by atoms with Crippen molar-refractivity contribution >= 4 is 15.9 Å². The second kappa shape index (κ2) is 5.34. The molecule has 0 heterocycles. The standard InChI is InChI=1S/C16H22BrN/c1-11-8-12(2-7-16(11)17)9-18-10-15(13-3-4-13)14-5-6-14/h2,7-8,13-15,18H,3-6,9-10H2,1H3. The van der Waals surface area contributed by atoms with Crippen molar-refractivity contribution in [3.05, 3.63) is 33.8 Å². The lowest BCUT2D eigenvalue weighted by Crippen LogP contribution is -2.25. The van der Waals surface area contributed by atoms with Crippen molar-refractivity contribution in [2.45, 2.75) is 39.2 Å². The minimum atomic E-state index is 0.974. The molecule has 1 aromatic rings. The highest BCUT2D eigenvalue weighted by atomic mass is 79.9. The van der Waals surface area contributed by atoms with Crippen LogP contribution in [0.25, 0.3) is 0 Å². The van der Waals surface area contributed by atoms with Gasteiger partial charge in [0, 0.05) is 11.0 Å². The summed E-state index contributed by atoms with van der Waals surface area (Å²) in [4.78, 5) is 0. The number of aryl methyl sites for hydroxylation is 1. The Kier molecular flexibility index (Phi) is 3.76. The third kappa shape index (κ3) is 3.16. The Hall–Kier alpha value is -0.340. The number of hydrogen-bond acceptors (Lipinski definition) is 1. The summed E-state index contributed by atoms with van der Waals surface area (Å²) in [5.41, 5.74) is 2.73. The maximum Gasteiger partial charge on any atom is 0.0205 e. The van der Waals surface area contributed by atoms with Crippen LogP contribution >= 0.6 is 15.9 Å². The molecular formula is C16H22BrN. The molecule has 2 aliphatic carbocycles. The van der Waals surface area contributed by atoms with Crippen molar-refractivity contribution in [2.75, 3.05) is 6.54 Å². The van der Waals surface area contributed by atoms with Crippen LogP contribution in [0.3, 0.4) is 0 Å². The number of nitrogens with one attached hydrogen (secondary N) is 1. The molecule has 2 aliphatic rings. The first-order chi connectivity index (χ1) is 8.74. The van der Waals surface area contributed by atoms with Gasteiger partial charge >= 0.3 is 0 Å². The smallest absolute Gasteiger partial charge is 0.0205 e. The third-order valence-corrected chi connectivity index (χ3v) is 5.28. The molecule has 0 radical (unpaired) electrons. The third-order valence-electron chi connectivity index (χ3n) is 4.39. The molecule has 1 aromatic carbocycles. The Labute approximate surface area is 118 Å². The van der Waals surface area contributed by atoms with Gasteiger partial charge in [-0.1, -0.05) is 28.1 Å². The van der Waals surface area contributed by atoms with E-state index in [-0.39, 0.29) is 0 Å². The zero-order valence-corrected chi connectivity index (χ0v) is 12.7. The quantitative estimate of drug-likeness (QED) is 0.827. The van der Waals surface area contributed by atoms with Gasteiger partial charge in [-0.15, -0.1) is 0 Å². The minimum Gasteiger partial charge on any atom is -0.312 e. The molecule has 18 heavy (non-hydrogen) atoms. The van der Waals surface area contributed by atoms with Crippen molar-refractivity contribution in [2.24, 2.45) is 17.8 Å². The average molecular weight is 308 g/mol. The van der Waals surface area contributed by atoms with Crippen LogP contribution in [0.1, 0.15) is 36.8 Å². The molecule has 1 N–H and O–H groups in total. The number of hydrogen-bond donors (Lipinski definition) is 1. The van der Waals surface area contributed by atoms with Crippen LogP contribution in [-0.2, 0) is 6.54 Å². The maximum absolute atomic E-state index is 3.68. The maximum atomic E-state index is 3.68. The minimum absolute atomic E-state index is 0.974. The SMILES string of the molecule is Cc1cc(CNCC(C2CC2)C2CC2)ccc1Br.